The lowest BCUT2D eigenvalue weighted by Crippen LogP contribution is -2.47. The van der Waals surface area contributed by atoms with Crippen molar-refractivity contribution in [3.05, 3.63) is 71.9 Å². The Kier molecular flexibility index (Phi) is 5.59. The molecule has 1 atom stereocenters. The zero-order chi connectivity index (χ0) is 20.1. The van der Waals surface area contributed by atoms with Gasteiger partial charge in [-0.3, -0.25) is 14.4 Å². The van der Waals surface area contributed by atoms with E-state index in [1.54, 1.807) is 43.4 Å². The zero-order valence-electron chi connectivity index (χ0n) is 15.2. The van der Waals surface area contributed by atoms with Crippen molar-refractivity contribution < 1.29 is 14.4 Å². The summed E-state index contributed by atoms with van der Waals surface area (Å²) in [5, 5.41) is 10.9. The molecular formula is C20H19N5O3. The average molecular weight is 377 g/mol. The summed E-state index contributed by atoms with van der Waals surface area (Å²) in [5.74, 6) is -2.59. The molecule has 0 spiro atoms. The highest BCUT2D eigenvalue weighted by Crippen LogP contribution is 2.20. The summed E-state index contributed by atoms with van der Waals surface area (Å²) in [6.45, 7) is 0. The van der Waals surface area contributed by atoms with Gasteiger partial charge in [-0.2, -0.15) is 9.90 Å². The molecule has 0 unspecified atom stereocenters. The molecule has 0 bridgehead atoms. The van der Waals surface area contributed by atoms with E-state index in [1.807, 2.05) is 24.3 Å². The molecule has 8 heteroatoms. The van der Waals surface area contributed by atoms with E-state index in [2.05, 4.69) is 15.5 Å². The van der Waals surface area contributed by atoms with E-state index < -0.39 is 23.6 Å². The largest absolute Gasteiger partial charge is 0.363 e. The number of benzene rings is 2. The van der Waals surface area contributed by atoms with E-state index in [9.17, 15) is 14.4 Å². The number of primary amides is 1. The van der Waals surface area contributed by atoms with Crippen molar-refractivity contribution in [1.29, 1.82) is 0 Å². The molecule has 1 heterocycles. The van der Waals surface area contributed by atoms with Crippen molar-refractivity contribution in [2.75, 3.05) is 0 Å². The Morgan fingerprint density at radius 1 is 1.00 bits per heavy atom. The van der Waals surface area contributed by atoms with Crippen molar-refractivity contribution >= 4 is 17.6 Å². The van der Waals surface area contributed by atoms with Crippen molar-refractivity contribution in [2.24, 2.45) is 12.8 Å². The Bertz CT molecular complexity index is 999. The second-order valence-corrected chi connectivity index (χ2v) is 6.20. The number of aromatic nitrogens is 3. The SMILES string of the molecule is Cn1nc(C(=O)N[C@@H](Cc2ccccc2)C(=O)C(N)=O)c(-c2ccccc2)n1. The highest BCUT2D eigenvalue weighted by atomic mass is 16.2. The maximum absolute atomic E-state index is 12.8. The first-order valence-electron chi connectivity index (χ1n) is 8.61. The number of nitrogens with zero attached hydrogens (tertiary/aromatic N) is 3. The van der Waals surface area contributed by atoms with Gasteiger partial charge in [0.25, 0.3) is 11.8 Å². The topological polar surface area (TPSA) is 120 Å². The summed E-state index contributed by atoms with van der Waals surface area (Å²) in [4.78, 5) is 37.8. The van der Waals surface area contributed by atoms with Crippen LogP contribution in [0.25, 0.3) is 11.3 Å². The number of Topliss-reactive ketones (excluding diaryl/α,β-unsaturated/α-hetero) is 1. The number of hydrogen-bond donors (Lipinski definition) is 2. The van der Waals surface area contributed by atoms with E-state index >= 15 is 0 Å². The van der Waals surface area contributed by atoms with Crippen molar-refractivity contribution in [1.82, 2.24) is 20.3 Å². The van der Waals surface area contributed by atoms with E-state index in [1.165, 1.54) is 4.80 Å². The maximum atomic E-state index is 12.8. The number of nitrogens with one attached hydrogen (secondary N) is 1. The number of aryl methyl sites for hydroxylation is 1. The number of carbonyl (C=O) groups is 3. The van der Waals surface area contributed by atoms with Crippen LogP contribution in [0.4, 0.5) is 0 Å². The fourth-order valence-electron chi connectivity index (χ4n) is 2.81. The molecule has 2 amide bonds. The van der Waals surface area contributed by atoms with Crippen molar-refractivity contribution in [2.45, 2.75) is 12.5 Å². The van der Waals surface area contributed by atoms with Crippen LogP contribution in [0.1, 0.15) is 16.1 Å². The van der Waals surface area contributed by atoms with E-state index in [4.69, 9.17) is 5.73 Å². The first kappa shape index (κ1) is 19.0. The Morgan fingerprint density at radius 3 is 2.21 bits per heavy atom. The second-order valence-electron chi connectivity index (χ2n) is 6.20. The van der Waals surface area contributed by atoms with Crippen molar-refractivity contribution in [3.63, 3.8) is 0 Å². The second kappa shape index (κ2) is 8.26. The standard InChI is InChI=1S/C20H19N5O3/c1-25-23-16(14-10-6-3-7-11-14)17(24-25)20(28)22-15(18(26)19(21)27)12-13-8-4-2-5-9-13/h2-11,15H,12H2,1H3,(H2,21,27)(H,22,28)/t15-/m0/s1. The smallest absolute Gasteiger partial charge is 0.287 e. The average Bonchev–Trinajstić information content (AvgIpc) is 3.10. The van der Waals surface area contributed by atoms with Crippen LogP contribution in [0, 0.1) is 0 Å². The summed E-state index contributed by atoms with van der Waals surface area (Å²) >= 11 is 0. The summed E-state index contributed by atoms with van der Waals surface area (Å²) in [6.07, 6.45) is 0.134. The third kappa shape index (κ3) is 4.29. The third-order valence-corrected chi connectivity index (χ3v) is 4.12. The number of carbonyl (C=O) groups excluding carboxylic acids is 3. The van der Waals surface area contributed by atoms with Crippen molar-refractivity contribution in [3.8, 4) is 11.3 Å². The molecule has 0 saturated heterocycles. The number of hydrogen-bond acceptors (Lipinski definition) is 5. The third-order valence-electron chi connectivity index (χ3n) is 4.12. The normalized spacial score (nSPS) is 11.6. The molecule has 142 valence electrons. The maximum Gasteiger partial charge on any atom is 0.287 e. The monoisotopic (exact) mass is 377 g/mol. The summed E-state index contributed by atoms with van der Waals surface area (Å²) < 4.78 is 0. The van der Waals surface area contributed by atoms with Crippen LogP contribution >= 0.6 is 0 Å². The lowest BCUT2D eigenvalue weighted by molar-refractivity contribution is -0.137. The van der Waals surface area contributed by atoms with Crippen LogP contribution in [0.3, 0.4) is 0 Å². The van der Waals surface area contributed by atoms with Gasteiger partial charge in [-0.1, -0.05) is 60.7 Å². The van der Waals surface area contributed by atoms with E-state index in [-0.39, 0.29) is 12.1 Å². The Balaban J connectivity index is 1.88. The molecule has 28 heavy (non-hydrogen) atoms. The molecule has 2 aromatic carbocycles. The predicted octanol–water partition coefficient (Wildman–Crippen LogP) is 0.878. The minimum Gasteiger partial charge on any atom is -0.363 e. The molecule has 0 aliphatic carbocycles. The molecule has 3 aromatic rings. The molecule has 8 nitrogen and oxygen atoms in total. The fraction of sp³-hybridized carbons (Fsp3) is 0.150. The number of amides is 2. The van der Waals surface area contributed by atoms with Gasteiger partial charge in [0.05, 0.1) is 0 Å². The van der Waals surface area contributed by atoms with Gasteiger partial charge >= 0.3 is 0 Å². The Hall–Kier alpha value is -3.81. The molecule has 0 aliphatic heterocycles. The molecular weight excluding hydrogens is 358 g/mol. The minimum atomic E-state index is -1.11. The van der Waals surface area contributed by atoms with Crippen LogP contribution in [0.5, 0.6) is 0 Å². The van der Waals surface area contributed by atoms with Crippen LogP contribution in [-0.4, -0.2) is 38.6 Å². The number of rotatable bonds is 7. The predicted molar refractivity (Wildman–Crippen MR) is 102 cm³/mol. The molecule has 3 N–H and O–H groups in total. The van der Waals surface area contributed by atoms with Gasteiger partial charge < -0.3 is 11.1 Å². The fourth-order valence-corrected chi connectivity index (χ4v) is 2.81. The molecule has 3 rings (SSSR count). The Labute approximate surface area is 161 Å². The first-order chi connectivity index (χ1) is 13.5. The molecule has 0 radical (unpaired) electrons. The van der Waals surface area contributed by atoms with Gasteiger partial charge in [0.1, 0.15) is 11.7 Å². The van der Waals surface area contributed by atoms with Gasteiger partial charge in [0.15, 0.2) is 5.69 Å². The number of nitrogens with two attached hydrogens (primary N) is 1. The molecule has 0 fully saturated rings. The van der Waals surface area contributed by atoms with Crippen LogP contribution in [0.15, 0.2) is 60.7 Å². The van der Waals surface area contributed by atoms with Gasteiger partial charge in [-0.15, -0.1) is 5.10 Å². The van der Waals surface area contributed by atoms with Crippen LogP contribution in [0.2, 0.25) is 0 Å². The summed E-state index contributed by atoms with van der Waals surface area (Å²) in [6, 6.07) is 17.0. The van der Waals surface area contributed by atoms with Gasteiger partial charge in [-0.25, -0.2) is 0 Å². The zero-order valence-corrected chi connectivity index (χ0v) is 15.2. The van der Waals surface area contributed by atoms with Gasteiger partial charge in [-0.05, 0) is 5.56 Å². The summed E-state index contributed by atoms with van der Waals surface area (Å²) in [5.41, 5.74) is 7.09. The number of ketones is 1. The molecule has 0 saturated carbocycles. The highest BCUT2D eigenvalue weighted by Gasteiger charge is 2.28. The van der Waals surface area contributed by atoms with Gasteiger partial charge in [0.2, 0.25) is 5.78 Å². The quantitative estimate of drug-likeness (QED) is 0.592. The summed E-state index contributed by atoms with van der Waals surface area (Å²) in [7, 11) is 1.60. The Morgan fingerprint density at radius 2 is 1.61 bits per heavy atom. The van der Waals surface area contributed by atoms with Crippen LogP contribution < -0.4 is 11.1 Å². The van der Waals surface area contributed by atoms with Gasteiger partial charge in [0, 0.05) is 19.0 Å². The lowest BCUT2D eigenvalue weighted by Gasteiger charge is -2.16. The first-order valence-corrected chi connectivity index (χ1v) is 8.61. The molecule has 1 aromatic heterocycles. The van der Waals surface area contributed by atoms with Crippen LogP contribution in [-0.2, 0) is 23.1 Å². The minimum absolute atomic E-state index is 0.0593. The van der Waals surface area contributed by atoms with E-state index in [0.717, 1.165) is 5.56 Å². The molecule has 0 aliphatic rings. The highest BCUT2D eigenvalue weighted by molar-refractivity contribution is 6.38. The van der Waals surface area contributed by atoms with E-state index in [0.29, 0.717) is 11.3 Å². The lowest BCUT2D eigenvalue weighted by atomic mass is 10.0.